The summed E-state index contributed by atoms with van der Waals surface area (Å²) in [5, 5.41) is 0. The van der Waals surface area contributed by atoms with Crippen molar-refractivity contribution in [2.75, 3.05) is 0 Å². The Hall–Kier alpha value is -0.483. The van der Waals surface area contributed by atoms with E-state index in [-0.39, 0.29) is 0 Å². The van der Waals surface area contributed by atoms with Crippen molar-refractivity contribution in [2.45, 2.75) is 104 Å². The van der Waals surface area contributed by atoms with Gasteiger partial charge in [0.1, 0.15) is 8.07 Å². The van der Waals surface area contributed by atoms with Gasteiger partial charge in [0.25, 0.3) is 0 Å². The van der Waals surface area contributed by atoms with Crippen molar-refractivity contribution in [3.8, 4) is 11.5 Å². The van der Waals surface area contributed by atoms with E-state index < -0.39 is 8.07 Å². The Kier molecular flexibility index (Phi) is 9.88. The lowest BCUT2D eigenvalue weighted by atomic mass is 9.87. The molecule has 0 unspecified atom stereocenters. The fraction of sp³-hybridized carbons (Fsp3) is 0.810. The molecule has 0 heterocycles. The van der Waals surface area contributed by atoms with Gasteiger partial charge in [-0.25, -0.2) is 0 Å². The van der Waals surface area contributed by atoms with Crippen LogP contribution in [0.2, 0.25) is 19.6 Å². The number of rotatable bonds is 8. The van der Waals surface area contributed by atoms with Crippen molar-refractivity contribution in [3.05, 3.63) is 11.6 Å². The second-order valence-corrected chi connectivity index (χ2v) is 12.9. The molecular formula is C21H38Si. The highest BCUT2D eigenvalue weighted by Gasteiger charge is 2.12. The number of allylic oxidation sites excluding steroid dienone is 2. The molecule has 0 amide bonds. The summed E-state index contributed by atoms with van der Waals surface area (Å²) in [5.74, 6) is 4.40. The monoisotopic (exact) mass is 318 g/mol. The van der Waals surface area contributed by atoms with Crippen LogP contribution in [-0.4, -0.2) is 8.07 Å². The minimum absolute atomic E-state index is 0.819. The molecule has 0 aliphatic heterocycles. The van der Waals surface area contributed by atoms with Crippen LogP contribution in [0.1, 0.15) is 84.0 Å². The van der Waals surface area contributed by atoms with Gasteiger partial charge in [-0.15, -0.1) is 5.54 Å². The van der Waals surface area contributed by atoms with Crippen molar-refractivity contribution in [1.82, 2.24) is 0 Å². The minimum atomic E-state index is -1.25. The van der Waals surface area contributed by atoms with Gasteiger partial charge in [0.15, 0.2) is 0 Å². The first-order valence-electron chi connectivity index (χ1n) is 9.75. The fourth-order valence-electron chi connectivity index (χ4n) is 3.14. The summed E-state index contributed by atoms with van der Waals surface area (Å²) in [7, 11) is -1.25. The fourth-order valence-corrected chi connectivity index (χ4v) is 3.67. The first kappa shape index (κ1) is 19.6. The van der Waals surface area contributed by atoms with Crippen LogP contribution in [0, 0.1) is 17.4 Å². The van der Waals surface area contributed by atoms with Crippen molar-refractivity contribution in [2.24, 2.45) is 5.92 Å². The van der Waals surface area contributed by atoms with E-state index in [0.717, 1.165) is 5.92 Å². The zero-order valence-corrected chi connectivity index (χ0v) is 16.6. The van der Waals surface area contributed by atoms with Gasteiger partial charge in [-0.1, -0.05) is 89.9 Å². The first-order chi connectivity index (χ1) is 10.5. The summed E-state index contributed by atoms with van der Waals surface area (Å²) < 4.78 is 0. The third kappa shape index (κ3) is 10.3. The molecule has 0 aromatic carbocycles. The van der Waals surface area contributed by atoms with E-state index in [1.807, 2.05) is 0 Å². The maximum atomic E-state index is 3.59. The van der Waals surface area contributed by atoms with Crippen LogP contribution >= 0.6 is 0 Å². The molecule has 1 heteroatoms. The molecule has 0 spiro atoms. The van der Waals surface area contributed by atoms with Crippen LogP contribution in [0.25, 0.3) is 0 Å². The Morgan fingerprint density at radius 1 is 0.955 bits per heavy atom. The lowest BCUT2D eigenvalue weighted by Crippen LogP contribution is -2.16. The first-order valence-corrected chi connectivity index (χ1v) is 13.2. The van der Waals surface area contributed by atoms with Gasteiger partial charge in [-0.05, 0) is 37.2 Å². The second-order valence-electron chi connectivity index (χ2n) is 8.11. The lowest BCUT2D eigenvalue weighted by Gasteiger charge is -2.19. The van der Waals surface area contributed by atoms with Gasteiger partial charge in [-0.2, -0.15) is 0 Å². The Balaban J connectivity index is 2.50. The molecule has 1 fully saturated rings. The molecule has 0 bridgehead atoms. The Bertz CT molecular complexity index is 369. The summed E-state index contributed by atoms with van der Waals surface area (Å²) >= 11 is 0. The van der Waals surface area contributed by atoms with Crippen LogP contribution in [0.4, 0.5) is 0 Å². The molecule has 1 saturated carbocycles. The minimum Gasteiger partial charge on any atom is -0.127 e. The number of hydrogen-bond acceptors (Lipinski definition) is 0. The van der Waals surface area contributed by atoms with Gasteiger partial charge >= 0.3 is 0 Å². The second kappa shape index (κ2) is 11.1. The molecule has 0 aromatic rings. The molecule has 0 radical (unpaired) electrons. The number of unbranched alkanes of at least 4 members (excludes halogenated alkanes) is 5. The van der Waals surface area contributed by atoms with Gasteiger partial charge in [0, 0.05) is 0 Å². The zero-order chi connectivity index (χ0) is 16.3. The Morgan fingerprint density at radius 3 is 2.23 bits per heavy atom. The van der Waals surface area contributed by atoms with Crippen molar-refractivity contribution >= 4 is 8.07 Å². The maximum absolute atomic E-state index is 3.59. The molecular weight excluding hydrogens is 280 g/mol. The standard InChI is InChI=1S/C21H38Si/c1-5-6-7-8-9-11-16-21(17-18-22(2,3)4)19-20-14-12-10-13-15-20/h19-20H,5-16H2,1-4H3. The van der Waals surface area contributed by atoms with Gasteiger partial charge in [0.2, 0.25) is 0 Å². The Labute approximate surface area is 141 Å². The SMILES string of the molecule is CCCCCCCCC(C#C[Si](C)(C)C)=CC1CCCCC1. The summed E-state index contributed by atoms with van der Waals surface area (Å²) in [4.78, 5) is 0. The van der Waals surface area contributed by atoms with Crippen LogP contribution in [-0.2, 0) is 0 Å². The van der Waals surface area contributed by atoms with Crippen molar-refractivity contribution in [3.63, 3.8) is 0 Å². The topological polar surface area (TPSA) is 0 Å². The van der Waals surface area contributed by atoms with E-state index in [1.165, 1.54) is 82.6 Å². The molecule has 1 aliphatic carbocycles. The smallest absolute Gasteiger partial charge is 0.127 e. The predicted octanol–water partition coefficient (Wildman–Crippen LogP) is 7.12. The molecule has 1 aliphatic rings. The van der Waals surface area contributed by atoms with Gasteiger partial charge in [-0.3, -0.25) is 0 Å². The molecule has 0 nitrogen and oxygen atoms in total. The number of hydrogen-bond donors (Lipinski definition) is 0. The summed E-state index contributed by atoms with van der Waals surface area (Å²) in [5.41, 5.74) is 5.06. The van der Waals surface area contributed by atoms with Crippen molar-refractivity contribution in [1.29, 1.82) is 0 Å². The molecule has 0 N–H and O–H groups in total. The van der Waals surface area contributed by atoms with Gasteiger partial charge < -0.3 is 0 Å². The Morgan fingerprint density at radius 2 is 1.59 bits per heavy atom. The lowest BCUT2D eigenvalue weighted by molar-refractivity contribution is 0.417. The maximum Gasteiger partial charge on any atom is 0.129 e. The van der Waals surface area contributed by atoms with E-state index >= 15 is 0 Å². The van der Waals surface area contributed by atoms with E-state index in [9.17, 15) is 0 Å². The van der Waals surface area contributed by atoms with Crippen LogP contribution in [0.5, 0.6) is 0 Å². The quantitative estimate of drug-likeness (QED) is 0.254. The summed E-state index contributed by atoms with van der Waals surface area (Å²) in [6, 6.07) is 0. The third-order valence-electron chi connectivity index (χ3n) is 4.48. The van der Waals surface area contributed by atoms with Crippen LogP contribution in [0.3, 0.4) is 0 Å². The zero-order valence-electron chi connectivity index (χ0n) is 15.6. The predicted molar refractivity (Wildman–Crippen MR) is 104 cm³/mol. The highest BCUT2D eigenvalue weighted by molar-refractivity contribution is 6.83. The summed E-state index contributed by atoms with van der Waals surface area (Å²) in [6.45, 7) is 9.34. The molecule has 0 aromatic heterocycles. The van der Waals surface area contributed by atoms with E-state index in [4.69, 9.17) is 0 Å². The molecule has 0 saturated heterocycles. The molecule has 126 valence electrons. The molecule has 1 rings (SSSR count). The van der Waals surface area contributed by atoms with E-state index in [1.54, 1.807) is 0 Å². The molecule has 22 heavy (non-hydrogen) atoms. The third-order valence-corrected chi connectivity index (χ3v) is 5.36. The van der Waals surface area contributed by atoms with E-state index in [0.29, 0.717) is 0 Å². The molecule has 0 atom stereocenters. The highest BCUT2D eigenvalue weighted by atomic mass is 28.3. The largest absolute Gasteiger partial charge is 0.129 e. The van der Waals surface area contributed by atoms with Crippen LogP contribution in [0.15, 0.2) is 11.6 Å². The van der Waals surface area contributed by atoms with Gasteiger partial charge in [0.05, 0.1) is 0 Å². The average molecular weight is 319 g/mol. The highest BCUT2D eigenvalue weighted by Crippen LogP contribution is 2.26. The van der Waals surface area contributed by atoms with E-state index in [2.05, 4.69) is 44.1 Å². The van der Waals surface area contributed by atoms with Crippen molar-refractivity contribution < 1.29 is 0 Å². The van der Waals surface area contributed by atoms with Crippen LogP contribution < -0.4 is 0 Å². The normalized spacial score (nSPS) is 17.2. The summed E-state index contributed by atoms with van der Waals surface area (Å²) in [6.07, 6.45) is 19.2. The average Bonchev–Trinajstić information content (AvgIpc) is 2.48.